The lowest BCUT2D eigenvalue weighted by atomic mass is 9.34. The molecule has 2 radical (unpaired) electrons. The van der Waals surface area contributed by atoms with Crippen LogP contribution in [0.15, 0.2) is 29.2 Å². The number of Topliss-reactive ketones (excluding diaryl/α,β-unsaturated/α-hetero) is 1. The number of thioether (sulfide) groups is 1. The summed E-state index contributed by atoms with van der Waals surface area (Å²) in [4.78, 5) is 27.4. The number of ether oxygens (including phenoxy) is 1. The van der Waals surface area contributed by atoms with Crippen molar-refractivity contribution in [2.45, 2.75) is 76.7 Å². The smallest absolute Gasteiger partial charge is 0.316 e. The number of esters is 1. The molecule has 2 bridgehead atoms. The second-order valence-corrected chi connectivity index (χ2v) is 14.1. The molecule has 3 N–H and O–H groups in total. The van der Waals surface area contributed by atoms with E-state index in [0.29, 0.717) is 31.4 Å². The maximum atomic E-state index is 13.2. The van der Waals surface area contributed by atoms with E-state index in [9.17, 15) is 14.7 Å². The van der Waals surface area contributed by atoms with Crippen LogP contribution in [0.5, 0.6) is 0 Å². The van der Waals surface area contributed by atoms with Crippen molar-refractivity contribution in [3.63, 3.8) is 0 Å². The van der Waals surface area contributed by atoms with Crippen molar-refractivity contribution >= 4 is 83.4 Å². The first-order chi connectivity index (χ1) is 17.0. The van der Waals surface area contributed by atoms with Crippen LogP contribution in [0.25, 0.3) is 0 Å². The van der Waals surface area contributed by atoms with E-state index in [-0.39, 0.29) is 34.8 Å². The third-order valence-electron chi connectivity index (χ3n) is 9.36. The molecule has 2 spiro atoms. The molecule has 0 heterocycles. The minimum atomic E-state index is -1.29. The molecule has 4 fully saturated rings. The summed E-state index contributed by atoms with van der Waals surface area (Å²) in [6, 6.07) is 7.84. The lowest BCUT2D eigenvalue weighted by molar-refractivity contribution is -0.208. The SMILES string of the molecule is [B][C@@]1(C=S)C[C@@H](OC(=O)CSc2cccc(CS)c2)[C@]2(N)C(S)CC34CC(CCC3=O)(C42)[C@@H](P)C1O. The molecule has 0 saturated heterocycles. The van der Waals surface area contributed by atoms with Gasteiger partial charge in [-0.3, -0.25) is 9.59 Å². The van der Waals surface area contributed by atoms with Crippen molar-refractivity contribution < 1.29 is 19.4 Å². The molecule has 0 amide bonds. The van der Waals surface area contributed by atoms with E-state index in [2.05, 4.69) is 21.9 Å². The highest BCUT2D eigenvalue weighted by molar-refractivity contribution is 8.00. The van der Waals surface area contributed by atoms with E-state index in [0.717, 1.165) is 10.5 Å². The minimum Gasteiger partial charge on any atom is -0.460 e. The standard InChI is InChI=1S/C25H31BNO4PS4/c26-24(12-34)7-16(31-18(29)10-36-14-3-1-2-13(6-14)9-33)25(27)17(35)8-23-11-22(21(23)25,5-4-15(23)28)20(32)19(24)30/h1-3,6,12,16-17,19-21,30,33,35H,4-5,7-11,27,32H2/t16-,17?,19?,20+,21?,22?,23?,24-,25+/m1/s1. The van der Waals surface area contributed by atoms with Gasteiger partial charge in [0.1, 0.15) is 11.9 Å². The van der Waals surface area contributed by atoms with Crippen LogP contribution < -0.4 is 5.73 Å². The summed E-state index contributed by atoms with van der Waals surface area (Å²) in [5.74, 6) is 0.237. The molecule has 5 rings (SSSR count). The summed E-state index contributed by atoms with van der Waals surface area (Å²) in [5.41, 5.74) is 5.97. The highest BCUT2D eigenvalue weighted by Gasteiger charge is 2.82. The molecule has 0 aliphatic heterocycles. The summed E-state index contributed by atoms with van der Waals surface area (Å²) in [6.07, 6.45) is 0.509. The topological polar surface area (TPSA) is 89.6 Å². The lowest BCUT2D eigenvalue weighted by Crippen LogP contribution is -2.77. The number of carbonyl (C=O) groups is 2. The molecule has 4 aliphatic carbocycles. The van der Waals surface area contributed by atoms with Crippen molar-refractivity contribution in [2.24, 2.45) is 22.5 Å². The van der Waals surface area contributed by atoms with Gasteiger partial charge < -0.3 is 15.6 Å². The van der Waals surface area contributed by atoms with E-state index in [4.69, 9.17) is 43.2 Å². The fourth-order valence-corrected chi connectivity index (χ4v) is 10.4. The first-order valence-electron chi connectivity index (χ1n) is 12.2. The number of thiol groups is 2. The van der Waals surface area contributed by atoms with Crippen LogP contribution in [0.3, 0.4) is 0 Å². The number of carbonyl (C=O) groups excluding carboxylic acids is 2. The van der Waals surface area contributed by atoms with E-state index >= 15 is 0 Å². The maximum absolute atomic E-state index is 13.2. The van der Waals surface area contributed by atoms with Gasteiger partial charge in [-0.25, -0.2) is 0 Å². The summed E-state index contributed by atoms with van der Waals surface area (Å²) in [5, 5.41) is 11.2. The fourth-order valence-electron chi connectivity index (χ4n) is 7.77. The predicted octanol–water partition coefficient (Wildman–Crippen LogP) is 3.21. The van der Waals surface area contributed by atoms with Crippen molar-refractivity contribution in [3.05, 3.63) is 29.8 Å². The van der Waals surface area contributed by atoms with Crippen molar-refractivity contribution in [3.8, 4) is 0 Å². The third-order valence-corrected chi connectivity index (χ3v) is 12.8. The van der Waals surface area contributed by atoms with E-state index in [1.807, 2.05) is 24.3 Å². The minimum absolute atomic E-state index is 0.0680. The highest BCUT2D eigenvalue weighted by atomic mass is 32.2. The van der Waals surface area contributed by atoms with Gasteiger partial charge in [-0.05, 0) is 59.5 Å². The van der Waals surface area contributed by atoms with Gasteiger partial charge >= 0.3 is 5.97 Å². The first-order valence-corrected chi connectivity index (χ1v) is 15.5. The molecule has 6 unspecified atom stereocenters. The van der Waals surface area contributed by atoms with Gasteiger partial charge in [0, 0.05) is 39.3 Å². The largest absolute Gasteiger partial charge is 0.460 e. The zero-order valence-corrected chi connectivity index (χ0v) is 24.4. The maximum Gasteiger partial charge on any atom is 0.316 e. The quantitative estimate of drug-likeness (QED) is 0.103. The number of rotatable bonds is 6. The average Bonchev–Trinajstić information content (AvgIpc) is 3.05. The monoisotopic (exact) mass is 579 g/mol. The fraction of sp³-hybridized carbons (Fsp3) is 0.640. The second kappa shape index (κ2) is 9.53. The van der Waals surface area contributed by atoms with Crippen LogP contribution in [0, 0.1) is 16.7 Å². The van der Waals surface area contributed by atoms with Gasteiger partial charge in [-0.1, -0.05) is 24.4 Å². The molecule has 0 aromatic heterocycles. The summed E-state index contributed by atoms with van der Waals surface area (Å²) >= 11 is 15.9. The van der Waals surface area contributed by atoms with Crippen molar-refractivity contribution in [1.82, 2.24) is 0 Å². The molecule has 10 atom stereocenters. The van der Waals surface area contributed by atoms with Gasteiger partial charge in [0.05, 0.1) is 25.2 Å². The molecule has 4 aliphatic rings. The van der Waals surface area contributed by atoms with Gasteiger partial charge in [0.25, 0.3) is 0 Å². The zero-order chi connectivity index (χ0) is 26.1. The third kappa shape index (κ3) is 3.83. The Kier molecular flexibility index (Phi) is 7.27. The Labute approximate surface area is 236 Å². The zero-order valence-electron chi connectivity index (χ0n) is 19.8. The average molecular weight is 580 g/mol. The van der Waals surface area contributed by atoms with Crippen LogP contribution in [-0.4, -0.2) is 64.5 Å². The number of aliphatic hydroxyl groups is 1. The number of hydrogen-bond donors (Lipinski definition) is 4. The Balaban J connectivity index is 1.47. The summed E-state index contributed by atoms with van der Waals surface area (Å²) < 4.78 is 6.11. The van der Waals surface area contributed by atoms with Gasteiger partial charge in [-0.2, -0.15) is 25.3 Å². The second-order valence-electron chi connectivity index (χ2n) is 11.1. The molecular formula is C25H31BNO4PS4. The number of benzene rings is 1. The normalized spacial score (nSPS) is 45.1. The van der Waals surface area contributed by atoms with Crippen molar-refractivity contribution in [1.29, 1.82) is 0 Å². The first kappa shape index (κ1) is 27.5. The Morgan fingerprint density at radius 1 is 1.42 bits per heavy atom. The van der Waals surface area contributed by atoms with Crippen LogP contribution >= 0.6 is 58.5 Å². The predicted molar refractivity (Wildman–Crippen MR) is 157 cm³/mol. The van der Waals surface area contributed by atoms with Gasteiger partial charge in [0.2, 0.25) is 0 Å². The van der Waals surface area contributed by atoms with Crippen molar-refractivity contribution in [2.75, 3.05) is 5.75 Å². The number of ketones is 1. The highest BCUT2D eigenvalue weighted by Crippen LogP contribution is 2.79. The number of aliphatic hydroxyl groups excluding tert-OH is 1. The molecule has 4 saturated carbocycles. The molecule has 1 aromatic rings. The van der Waals surface area contributed by atoms with Gasteiger partial charge in [0.15, 0.2) is 0 Å². The molecule has 192 valence electrons. The van der Waals surface area contributed by atoms with Gasteiger partial charge in [-0.15, -0.1) is 21.0 Å². The van der Waals surface area contributed by atoms with Crippen LogP contribution in [0.2, 0.25) is 5.31 Å². The Morgan fingerprint density at radius 2 is 2.17 bits per heavy atom. The Bertz CT molecular complexity index is 1110. The van der Waals surface area contributed by atoms with Crippen LogP contribution in [0.1, 0.15) is 37.7 Å². The van der Waals surface area contributed by atoms with Crippen LogP contribution in [0.4, 0.5) is 0 Å². The molecule has 1 aromatic carbocycles. The Hall–Kier alpha value is -0.0851. The van der Waals surface area contributed by atoms with E-state index in [1.54, 1.807) is 0 Å². The molecule has 5 nitrogen and oxygen atoms in total. The molecule has 11 heteroatoms. The number of thiocarbonyl (C=S) groups is 1. The summed E-state index contributed by atoms with van der Waals surface area (Å²) in [6.45, 7) is 0. The molecular weight excluding hydrogens is 548 g/mol. The van der Waals surface area contributed by atoms with Crippen LogP contribution in [-0.2, 0) is 20.1 Å². The molecule has 36 heavy (non-hydrogen) atoms. The van der Waals surface area contributed by atoms with E-state index in [1.165, 1.54) is 17.1 Å². The number of nitrogens with two attached hydrogens (primary N) is 1. The summed E-state index contributed by atoms with van der Waals surface area (Å²) in [7, 11) is 9.49. The Morgan fingerprint density at radius 3 is 2.86 bits per heavy atom. The number of hydrogen-bond acceptors (Lipinski definition) is 9. The van der Waals surface area contributed by atoms with E-state index < -0.39 is 39.9 Å². The lowest BCUT2D eigenvalue weighted by Gasteiger charge is -2.71.